The van der Waals surface area contributed by atoms with Crippen molar-refractivity contribution in [2.75, 3.05) is 5.75 Å². The van der Waals surface area contributed by atoms with Crippen molar-refractivity contribution >= 4 is 16.0 Å². The molecule has 0 saturated heterocycles. The molecule has 0 aliphatic heterocycles. The van der Waals surface area contributed by atoms with Crippen molar-refractivity contribution in [3.05, 3.63) is 29.8 Å². The van der Waals surface area contributed by atoms with E-state index >= 15 is 0 Å². The summed E-state index contributed by atoms with van der Waals surface area (Å²) in [6, 6.07) is 6.98. The van der Waals surface area contributed by atoms with Gasteiger partial charge in [-0.3, -0.25) is 4.79 Å². The number of hydrogen-bond donors (Lipinski definition) is 0. The zero-order valence-corrected chi connectivity index (χ0v) is 16.3. The predicted molar refractivity (Wildman–Crippen MR) is 96.3 cm³/mol. The summed E-state index contributed by atoms with van der Waals surface area (Å²) < 4.78 is 27.9. The summed E-state index contributed by atoms with van der Waals surface area (Å²) in [5, 5.41) is 0. The summed E-state index contributed by atoms with van der Waals surface area (Å²) in [5.41, 5.74) is 0.496. The van der Waals surface area contributed by atoms with E-state index in [4.69, 9.17) is 4.18 Å². The van der Waals surface area contributed by atoms with Gasteiger partial charge in [0.05, 0.1) is 5.75 Å². The molecule has 1 amide bonds. The number of amides is 1. The zero-order valence-electron chi connectivity index (χ0n) is 15.5. The molecule has 0 aliphatic carbocycles. The third-order valence-electron chi connectivity index (χ3n) is 3.88. The molecule has 6 heteroatoms. The van der Waals surface area contributed by atoms with E-state index in [-0.39, 0.29) is 23.5 Å². The van der Waals surface area contributed by atoms with Crippen LogP contribution in [-0.2, 0) is 21.5 Å². The summed E-state index contributed by atoms with van der Waals surface area (Å²) in [6.07, 6.45) is 0.873. The van der Waals surface area contributed by atoms with Crippen LogP contribution in [0.25, 0.3) is 0 Å². The summed E-state index contributed by atoms with van der Waals surface area (Å²) in [4.78, 5) is 14.6. The van der Waals surface area contributed by atoms with Crippen LogP contribution in [0.4, 0.5) is 0 Å². The molecular weight excluding hydrogens is 326 g/mol. The van der Waals surface area contributed by atoms with Crippen LogP contribution in [0.2, 0.25) is 0 Å². The Morgan fingerprint density at radius 2 is 1.71 bits per heavy atom. The standard InChI is InChI=1S/C18H29NO4S/c1-7-14(3)19(17(20)18(4,5)6)13-15-9-11-16(12-10-15)23-24(21,22)8-2/h9-12,14H,7-8,13H2,1-6H3/t14-/m0/s1. The molecule has 0 aliphatic rings. The summed E-state index contributed by atoms with van der Waals surface area (Å²) in [7, 11) is -3.52. The van der Waals surface area contributed by atoms with E-state index in [1.54, 1.807) is 24.3 Å². The fourth-order valence-corrected chi connectivity index (χ4v) is 2.65. The lowest BCUT2D eigenvalue weighted by molar-refractivity contribution is -0.142. The van der Waals surface area contributed by atoms with Crippen LogP contribution in [-0.4, -0.2) is 31.0 Å². The lowest BCUT2D eigenvalue weighted by Crippen LogP contribution is -2.44. The van der Waals surface area contributed by atoms with E-state index in [9.17, 15) is 13.2 Å². The molecule has 1 aromatic carbocycles. The lowest BCUT2D eigenvalue weighted by atomic mass is 9.93. The molecule has 0 unspecified atom stereocenters. The first-order chi connectivity index (χ1) is 11.0. The summed E-state index contributed by atoms with van der Waals surface area (Å²) in [6.45, 7) is 11.9. The Bertz CT molecular complexity index is 645. The van der Waals surface area contributed by atoms with Crippen LogP contribution < -0.4 is 4.18 Å². The Balaban J connectivity index is 2.94. The molecule has 0 heterocycles. The van der Waals surface area contributed by atoms with Crippen molar-refractivity contribution in [2.24, 2.45) is 5.41 Å². The number of carbonyl (C=O) groups is 1. The summed E-state index contributed by atoms with van der Waals surface area (Å²) in [5.74, 6) is 0.319. The highest BCUT2D eigenvalue weighted by molar-refractivity contribution is 7.87. The van der Waals surface area contributed by atoms with Gasteiger partial charge in [-0.1, -0.05) is 39.8 Å². The topological polar surface area (TPSA) is 63.7 Å². The molecule has 0 radical (unpaired) electrons. The van der Waals surface area contributed by atoms with E-state index in [1.807, 2.05) is 32.6 Å². The molecule has 0 aromatic heterocycles. The third-order valence-corrected chi connectivity index (χ3v) is 5.03. The van der Waals surface area contributed by atoms with E-state index < -0.39 is 15.5 Å². The zero-order chi connectivity index (χ0) is 18.5. The quantitative estimate of drug-likeness (QED) is 0.701. The minimum atomic E-state index is -3.52. The minimum Gasteiger partial charge on any atom is -0.382 e. The normalized spacial score (nSPS) is 13.4. The first-order valence-corrected chi connectivity index (χ1v) is 9.90. The largest absolute Gasteiger partial charge is 0.382 e. The van der Waals surface area contributed by atoms with Gasteiger partial charge < -0.3 is 9.08 Å². The first kappa shape index (κ1) is 20.5. The van der Waals surface area contributed by atoms with Gasteiger partial charge in [0, 0.05) is 18.0 Å². The average molecular weight is 356 g/mol. The first-order valence-electron chi connectivity index (χ1n) is 8.32. The lowest BCUT2D eigenvalue weighted by Gasteiger charge is -2.34. The van der Waals surface area contributed by atoms with Gasteiger partial charge in [-0.05, 0) is 38.0 Å². The fourth-order valence-electron chi connectivity index (χ4n) is 2.13. The average Bonchev–Trinajstić information content (AvgIpc) is 2.51. The molecule has 136 valence electrons. The Hall–Kier alpha value is -1.56. The van der Waals surface area contributed by atoms with Crippen molar-refractivity contribution in [1.29, 1.82) is 0 Å². The molecule has 1 rings (SSSR count). The van der Waals surface area contributed by atoms with E-state index in [0.29, 0.717) is 6.54 Å². The van der Waals surface area contributed by atoms with Crippen molar-refractivity contribution in [3.8, 4) is 5.75 Å². The maximum absolute atomic E-state index is 12.7. The van der Waals surface area contributed by atoms with Gasteiger partial charge in [-0.2, -0.15) is 8.42 Å². The van der Waals surface area contributed by atoms with Gasteiger partial charge in [-0.15, -0.1) is 0 Å². The number of rotatable bonds is 7. The predicted octanol–water partition coefficient (Wildman–Crippen LogP) is 3.59. The molecule has 24 heavy (non-hydrogen) atoms. The van der Waals surface area contributed by atoms with Crippen molar-refractivity contribution in [2.45, 2.75) is 60.5 Å². The van der Waals surface area contributed by atoms with E-state index in [2.05, 4.69) is 6.92 Å². The van der Waals surface area contributed by atoms with Gasteiger partial charge in [0.25, 0.3) is 0 Å². The van der Waals surface area contributed by atoms with Gasteiger partial charge in [-0.25, -0.2) is 0 Å². The van der Waals surface area contributed by atoms with Gasteiger partial charge in [0.15, 0.2) is 0 Å². The smallest absolute Gasteiger partial charge is 0.308 e. The number of carbonyl (C=O) groups excluding carboxylic acids is 1. The molecule has 0 spiro atoms. The van der Waals surface area contributed by atoms with Gasteiger partial charge in [0.1, 0.15) is 5.75 Å². The van der Waals surface area contributed by atoms with Crippen LogP contribution in [0, 0.1) is 5.41 Å². The monoisotopic (exact) mass is 355 g/mol. The number of benzene rings is 1. The van der Waals surface area contributed by atoms with Gasteiger partial charge in [0.2, 0.25) is 5.91 Å². The summed E-state index contributed by atoms with van der Waals surface area (Å²) >= 11 is 0. The molecule has 0 bridgehead atoms. The molecule has 1 aromatic rings. The maximum Gasteiger partial charge on any atom is 0.308 e. The second kappa shape index (κ2) is 8.01. The molecule has 5 nitrogen and oxygen atoms in total. The van der Waals surface area contributed by atoms with Crippen LogP contribution >= 0.6 is 0 Å². The highest BCUT2D eigenvalue weighted by atomic mass is 32.2. The van der Waals surface area contributed by atoms with Crippen molar-refractivity contribution in [3.63, 3.8) is 0 Å². The SMILES string of the molecule is CC[C@H](C)N(Cc1ccc(OS(=O)(=O)CC)cc1)C(=O)C(C)(C)C. The van der Waals surface area contributed by atoms with Crippen LogP contribution in [0.15, 0.2) is 24.3 Å². The molecule has 1 atom stereocenters. The van der Waals surface area contributed by atoms with E-state index in [0.717, 1.165) is 12.0 Å². The van der Waals surface area contributed by atoms with Crippen LogP contribution in [0.5, 0.6) is 5.75 Å². The fraction of sp³-hybridized carbons (Fsp3) is 0.611. The van der Waals surface area contributed by atoms with E-state index in [1.165, 1.54) is 6.92 Å². The molecular formula is C18H29NO4S. The minimum absolute atomic E-state index is 0.0728. The Labute approximate surface area is 146 Å². The van der Waals surface area contributed by atoms with Crippen LogP contribution in [0.3, 0.4) is 0 Å². The number of hydrogen-bond acceptors (Lipinski definition) is 4. The molecule has 0 N–H and O–H groups in total. The molecule has 0 fully saturated rings. The van der Waals surface area contributed by atoms with Crippen molar-refractivity contribution < 1.29 is 17.4 Å². The number of nitrogens with zero attached hydrogens (tertiary/aromatic N) is 1. The Morgan fingerprint density at radius 1 is 1.17 bits per heavy atom. The second-order valence-electron chi connectivity index (χ2n) is 7.01. The third kappa shape index (κ3) is 5.82. The van der Waals surface area contributed by atoms with Crippen molar-refractivity contribution in [1.82, 2.24) is 4.90 Å². The molecule has 0 saturated carbocycles. The highest BCUT2D eigenvalue weighted by Gasteiger charge is 2.29. The van der Waals surface area contributed by atoms with Gasteiger partial charge >= 0.3 is 10.1 Å². The highest BCUT2D eigenvalue weighted by Crippen LogP contribution is 2.23. The Morgan fingerprint density at radius 3 is 2.12 bits per heavy atom. The van der Waals surface area contributed by atoms with Crippen LogP contribution in [0.1, 0.15) is 53.5 Å². The Kier molecular flexibility index (Phi) is 6.84. The second-order valence-corrected chi connectivity index (χ2v) is 8.87. The maximum atomic E-state index is 12.7.